The van der Waals surface area contributed by atoms with Crippen molar-refractivity contribution in [2.24, 2.45) is 31.8 Å². The Bertz CT molecular complexity index is 2300. The third kappa shape index (κ3) is 24.4. The van der Waals surface area contributed by atoms with Crippen molar-refractivity contribution in [3.05, 3.63) is 130 Å². The molecule has 0 bridgehead atoms. The van der Waals surface area contributed by atoms with Gasteiger partial charge in [-0.3, -0.25) is 20.0 Å². The summed E-state index contributed by atoms with van der Waals surface area (Å²) in [5.41, 5.74) is 12.0. The van der Waals surface area contributed by atoms with E-state index in [1.807, 2.05) is 31.2 Å². The first-order valence-corrected chi connectivity index (χ1v) is 24.6. The van der Waals surface area contributed by atoms with E-state index >= 15 is 0 Å². The van der Waals surface area contributed by atoms with Crippen molar-refractivity contribution in [3.63, 3.8) is 0 Å². The molecule has 0 aliphatic rings. The van der Waals surface area contributed by atoms with Gasteiger partial charge in [-0.15, -0.1) is 0 Å². The summed E-state index contributed by atoms with van der Waals surface area (Å²) in [4.78, 5) is 16.1. The Morgan fingerprint density at radius 3 is 1.04 bits per heavy atom. The molecule has 0 atom stereocenters. The van der Waals surface area contributed by atoms with Crippen LogP contribution in [0.3, 0.4) is 0 Å². The number of nitrogens with zero attached hydrogens (tertiary/aromatic N) is 4. The van der Waals surface area contributed by atoms with E-state index in [0.29, 0.717) is 34.8 Å². The molecule has 4 N–H and O–H groups in total. The van der Waals surface area contributed by atoms with Crippen molar-refractivity contribution in [1.82, 2.24) is 0 Å². The van der Waals surface area contributed by atoms with E-state index < -0.39 is 0 Å². The topological polar surface area (TPSA) is 130 Å². The predicted octanol–water partition coefficient (Wildman–Crippen LogP) is 15.9. The van der Waals surface area contributed by atoms with Crippen molar-refractivity contribution in [2.75, 3.05) is 28.2 Å². The minimum Gasteiger partial charge on any atom is -0.507 e. The van der Waals surface area contributed by atoms with Gasteiger partial charge >= 0.3 is 0 Å². The average molecular weight is 1160 g/mol. The van der Waals surface area contributed by atoms with Gasteiger partial charge in [-0.25, -0.2) is 0 Å². The fourth-order valence-electron chi connectivity index (χ4n) is 7.87. The number of hydrogen-bond acceptors (Lipinski definition) is 8. The van der Waals surface area contributed by atoms with Gasteiger partial charge in [0.15, 0.2) is 0 Å². The first-order chi connectivity index (χ1) is 31.4. The summed E-state index contributed by atoms with van der Waals surface area (Å²) < 4.78 is 0. The fraction of sp³-hybridized carbons (Fsp3) is 0.524. The summed E-state index contributed by atoms with van der Waals surface area (Å²) in [6.07, 6.45) is 8.95. The first kappa shape index (κ1) is 76.0. The van der Waals surface area contributed by atoms with Crippen LogP contribution in [0.15, 0.2) is 68.5 Å². The number of hydrogen-bond donors (Lipinski definition) is 4. The van der Waals surface area contributed by atoms with Gasteiger partial charge in [0, 0.05) is 139 Å². The molecule has 0 saturated heterocycles. The minimum absolute atomic E-state index is 0. The summed E-state index contributed by atoms with van der Waals surface area (Å²) in [6, 6.07) is 16.4. The molecule has 73 heavy (non-hydrogen) atoms. The van der Waals surface area contributed by atoms with Crippen LogP contribution in [0.1, 0.15) is 198 Å². The smallest absolute Gasteiger partial charge is 0.128 e. The summed E-state index contributed by atoms with van der Waals surface area (Å²) in [5, 5.41) is 41.0. The maximum atomic E-state index is 10.5. The van der Waals surface area contributed by atoms with E-state index in [9.17, 15) is 20.4 Å². The number of rotatable bonds is 8. The largest absolute Gasteiger partial charge is 0.507 e. The SMILES string of the molecule is CN=Cc1c(C(C)(C)C)ccc(C(C)(C)C)c1O.CN=Cc1c(C)cc(C(C)(C)C)cc1O.CN=Cc1cc(CC(C)C)cc(C(C)(C)C)c1O.CN=Cc1cc(CC(C)C)cc(C(C)(C)C)c1O.[CH3-].[CH3-].[Zr].[Zr]. The van der Waals surface area contributed by atoms with Gasteiger partial charge in [-0.05, 0) is 110 Å². The van der Waals surface area contributed by atoms with Crippen LogP contribution in [0.2, 0.25) is 0 Å². The Labute approximate surface area is 485 Å². The monoisotopic (exact) mass is 1160 g/mol. The summed E-state index contributed by atoms with van der Waals surface area (Å²) in [6.45, 7) is 42.7. The molecule has 0 amide bonds. The molecule has 0 aliphatic heterocycles. The van der Waals surface area contributed by atoms with E-state index in [1.54, 1.807) is 53.0 Å². The maximum Gasteiger partial charge on any atom is 0.128 e. The van der Waals surface area contributed by atoms with Crippen molar-refractivity contribution in [1.29, 1.82) is 0 Å². The molecule has 4 rings (SSSR count). The third-order valence-corrected chi connectivity index (χ3v) is 11.4. The molecule has 0 heterocycles. The van der Waals surface area contributed by atoms with Crippen LogP contribution in [0.25, 0.3) is 0 Å². The zero-order valence-corrected chi connectivity index (χ0v) is 55.5. The Balaban J connectivity index is -0.000000428. The van der Waals surface area contributed by atoms with Crippen LogP contribution < -0.4 is 0 Å². The van der Waals surface area contributed by atoms with E-state index in [-0.39, 0.29) is 94.3 Å². The van der Waals surface area contributed by atoms with Crippen molar-refractivity contribution < 1.29 is 72.8 Å². The molecule has 0 aromatic heterocycles. The van der Waals surface area contributed by atoms with Crippen molar-refractivity contribution in [3.8, 4) is 23.0 Å². The number of aliphatic imine (C=N–C) groups is 4. The van der Waals surface area contributed by atoms with Crippen molar-refractivity contribution >= 4 is 24.9 Å². The number of aromatic hydroxyl groups is 4. The van der Waals surface area contributed by atoms with E-state index in [2.05, 4.69) is 176 Å². The molecular formula is C63H100N4O4Zr2-2. The molecule has 10 heteroatoms. The quantitative estimate of drug-likeness (QED) is 0.103. The number of phenolic OH excluding ortho intramolecular Hbond substituents is 4. The zero-order chi connectivity index (χ0) is 53.6. The second-order valence-corrected chi connectivity index (χ2v) is 24.3. The van der Waals surface area contributed by atoms with E-state index in [0.717, 1.165) is 68.5 Å². The Morgan fingerprint density at radius 2 is 0.753 bits per heavy atom. The molecule has 0 unspecified atom stereocenters. The van der Waals surface area contributed by atoms with Gasteiger partial charge in [-0.1, -0.05) is 162 Å². The van der Waals surface area contributed by atoms with Crippen LogP contribution in [0.5, 0.6) is 23.0 Å². The van der Waals surface area contributed by atoms with Crippen LogP contribution in [-0.2, 0) is 92.3 Å². The molecule has 4 aromatic rings. The Kier molecular flexibility index (Phi) is 33.5. The maximum absolute atomic E-state index is 10.5. The Hall–Kier alpha value is -3.47. The van der Waals surface area contributed by atoms with Crippen molar-refractivity contribution in [2.45, 2.75) is 178 Å². The molecule has 0 saturated carbocycles. The second kappa shape index (κ2) is 32.2. The molecule has 406 valence electrons. The van der Waals surface area contributed by atoms with Crippen LogP contribution >= 0.6 is 0 Å². The van der Waals surface area contributed by atoms with Crippen LogP contribution in [-0.4, -0.2) is 73.5 Å². The van der Waals surface area contributed by atoms with Crippen LogP contribution in [0, 0.1) is 33.6 Å². The molecule has 0 spiro atoms. The first-order valence-electron chi connectivity index (χ1n) is 24.6. The number of phenols is 4. The summed E-state index contributed by atoms with van der Waals surface area (Å²) in [7, 11) is 6.89. The van der Waals surface area contributed by atoms with Gasteiger partial charge in [0.25, 0.3) is 0 Å². The number of aryl methyl sites for hydroxylation is 1. The molecule has 4 aromatic carbocycles. The second-order valence-electron chi connectivity index (χ2n) is 24.3. The van der Waals surface area contributed by atoms with Gasteiger partial charge in [0.1, 0.15) is 23.0 Å². The van der Waals surface area contributed by atoms with Crippen LogP contribution in [0.4, 0.5) is 0 Å². The van der Waals surface area contributed by atoms with Gasteiger partial charge in [0.2, 0.25) is 0 Å². The summed E-state index contributed by atoms with van der Waals surface area (Å²) >= 11 is 0. The molecule has 0 aliphatic carbocycles. The minimum atomic E-state index is -0.0726. The molecular weight excluding hydrogens is 1060 g/mol. The third-order valence-electron chi connectivity index (χ3n) is 11.4. The van der Waals surface area contributed by atoms with Gasteiger partial charge in [-0.2, -0.15) is 0 Å². The predicted molar refractivity (Wildman–Crippen MR) is 315 cm³/mol. The molecule has 0 radical (unpaired) electrons. The van der Waals surface area contributed by atoms with Gasteiger partial charge in [0.05, 0.1) is 0 Å². The standard InChI is InChI=1S/3C16H25NO.C13H19NO.2CH3.2Zr/c2*1-11(2)7-12-8-13(10-17-6)15(18)14(9-12)16(3,4)5;1-15(2,3)12-8-9-13(16(4,5)6)14(18)11(12)10-17-7;1-9-6-10(13(2,3)4)7-12(15)11(9)8-14-5;;;;/h2*8-11,18H,7H2,1-6H3;8-10,18H,1-7H3;6-8,15H,1-5H3;2*1H3;;/q;;;;2*-1;;. The van der Waals surface area contributed by atoms with E-state index in [4.69, 9.17) is 0 Å². The normalized spacial score (nSPS) is 12.0. The molecule has 8 nitrogen and oxygen atoms in total. The van der Waals surface area contributed by atoms with Gasteiger partial charge < -0.3 is 35.3 Å². The summed E-state index contributed by atoms with van der Waals surface area (Å²) in [5.74, 6) is 2.61. The van der Waals surface area contributed by atoms with E-state index in [1.165, 1.54) is 11.1 Å². The Morgan fingerprint density at radius 1 is 0.425 bits per heavy atom. The number of benzene rings is 4. The zero-order valence-electron chi connectivity index (χ0n) is 50.6. The average Bonchev–Trinajstić information content (AvgIpc) is 3.17. The fourth-order valence-corrected chi connectivity index (χ4v) is 7.87. The molecule has 0 fully saturated rings.